The average molecular weight is 300 g/mol. The smallest absolute Gasteiger partial charge is 0.256 e. The summed E-state index contributed by atoms with van der Waals surface area (Å²) in [6.07, 6.45) is 9.75. The number of nitrogens with zero attached hydrogens (tertiary/aromatic N) is 6. The van der Waals surface area contributed by atoms with Gasteiger partial charge in [-0.2, -0.15) is 4.98 Å². The lowest BCUT2D eigenvalue weighted by Gasteiger charge is -2.15. The second-order valence-electron chi connectivity index (χ2n) is 5.45. The number of imidazole rings is 2. The van der Waals surface area contributed by atoms with Gasteiger partial charge in [-0.05, 0) is 6.42 Å². The van der Waals surface area contributed by atoms with Gasteiger partial charge in [0.05, 0.1) is 18.9 Å². The Hall–Kier alpha value is -2.48. The van der Waals surface area contributed by atoms with E-state index < -0.39 is 0 Å². The molecule has 22 heavy (non-hydrogen) atoms. The lowest BCUT2D eigenvalue weighted by atomic mass is 10.0. The van der Waals surface area contributed by atoms with Crippen molar-refractivity contribution in [2.24, 2.45) is 13.0 Å². The number of hydrogen-bond acceptors (Lipinski definition) is 6. The summed E-state index contributed by atoms with van der Waals surface area (Å²) in [7, 11) is 1.90. The molecule has 0 unspecified atom stereocenters. The maximum Gasteiger partial charge on any atom is 0.256 e. The molecule has 0 saturated carbocycles. The molecule has 3 aromatic rings. The molecule has 0 radical (unpaired) electrons. The maximum absolute atomic E-state index is 5.81. The molecule has 114 valence electrons. The Balaban J connectivity index is 1.56. The fourth-order valence-corrected chi connectivity index (χ4v) is 2.79. The summed E-state index contributed by atoms with van der Waals surface area (Å²) in [4.78, 5) is 12.6. The minimum atomic E-state index is -0.170. The molecule has 8 nitrogen and oxygen atoms in total. The molecule has 0 aromatic carbocycles. The van der Waals surface area contributed by atoms with Crippen LogP contribution >= 0.6 is 0 Å². The van der Waals surface area contributed by atoms with Gasteiger partial charge in [-0.15, -0.1) is 0 Å². The quantitative estimate of drug-likeness (QED) is 0.725. The van der Waals surface area contributed by atoms with Crippen molar-refractivity contribution in [1.29, 1.82) is 0 Å². The number of aryl methyl sites for hydroxylation is 1. The van der Waals surface area contributed by atoms with Gasteiger partial charge in [-0.25, -0.2) is 9.97 Å². The molecule has 1 aliphatic heterocycles. The highest BCUT2D eigenvalue weighted by Crippen LogP contribution is 2.35. The number of rotatable bonds is 4. The van der Waals surface area contributed by atoms with Crippen LogP contribution in [0, 0.1) is 5.92 Å². The summed E-state index contributed by atoms with van der Waals surface area (Å²) in [6, 6.07) is 0. The lowest BCUT2D eigenvalue weighted by Crippen LogP contribution is -2.14. The van der Waals surface area contributed by atoms with Crippen LogP contribution in [0.1, 0.15) is 18.4 Å². The molecule has 3 aromatic heterocycles. The third-order valence-corrected chi connectivity index (χ3v) is 3.95. The first-order valence-electron chi connectivity index (χ1n) is 7.19. The van der Waals surface area contributed by atoms with Gasteiger partial charge in [0.2, 0.25) is 5.82 Å². The average Bonchev–Trinajstić information content (AvgIpc) is 3.24. The normalized spacial score (nSPS) is 21.5. The molecule has 2 atom stereocenters. The van der Waals surface area contributed by atoms with Gasteiger partial charge in [0.15, 0.2) is 0 Å². The van der Waals surface area contributed by atoms with E-state index in [0.29, 0.717) is 24.2 Å². The molecule has 4 heterocycles. The third-order valence-electron chi connectivity index (χ3n) is 3.95. The highest BCUT2D eigenvalue weighted by atomic mass is 16.5. The first-order chi connectivity index (χ1) is 10.8. The molecule has 0 amide bonds. The van der Waals surface area contributed by atoms with Crippen LogP contribution in [0.25, 0.3) is 11.5 Å². The van der Waals surface area contributed by atoms with Gasteiger partial charge in [-0.3, -0.25) is 0 Å². The van der Waals surface area contributed by atoms with Crippen molar-refractivity contribution in [2.45, 2.75) is 19.1 Å². The monoisotopic (exact) mass is 300 g/mol. The van der Waals surface area contributed by atoms with Crippen LogP contribution in [0.5, 0.6) is 0 Å². The topological polar surface area (TPSA) is 83.8 Å². The molecule has 0 N–H and O–H groups in total. The zero-order valence-electron chi connectivity index (χ0n) is 12.2. The number of aromatic nitrogens is 6. The Kier molecular flexibility index (Phi) is 3.23. The Bertz CT molecular complexity index is 747. The molecular formula is C14H16N6O2. The van der Waals surface area contributed by atoms with Crippen LogP contribution in [-0.2, 0) is 18.3 Å². The Morgan fingerprint density at radius 2 is 2.27 bits per heavy atom. The molecule has 1 fully saturated rings. The standard InChI is InChI=1S/C14H16N6O2/c1-19-8-16-6-11(19)13-17-14(22-18-13)12-10(2-5-21-12)7-20-4-3-15-9-20/h3-4,6,8-10,12H,2,5,7H2,1H3/t10-,12-/m0/s1. The van der Waals surface area contributed by atoms with Gasteiger partial charge in [0.25, 0.3) is 5.89 Å². The van der Waals surface area contributed by atoms with Crippen LogP contribution in [0.4, 0.5) is 0 Å². The van der Waals surface area contributed by atoms with Crippen LogP contribution in [0.2, 0.25) is 0 Å². The van der Waals surface area contributed by atoms with Crippen molar-refractivity contribution in [3.05, 3.63) is 37.1 Å². The molecule has 0 spiro atoms. The van der Waals surface area contributed by atoms with E-state index in [1.807, 2.05) is 28.7 Å². The summed E-state index contributed by atoms with van der Waals surface area (Å²) in [5.74, 6) is 1.36. The van der Waals surface area contributed by atoms with Crippen molar-refractivity contribution in [3.63, 3.8) is 0 Å². The van der Waals surface area contributed by atoms with E-state index in [1.165, 1.54) is 0 Å². The van der Waals surface area contributed by atoms with Crippen molar-refractivity contribution >= 4 is 0 Å². The van der Waals surface area contributed by atoms with E-state index in [9.17, 15) is 0 Å². The minimum Gasteiger partial charge on any atom is -0.368 e. The summed E-state index contributed by atoms with van der Waals surface area (Å²) < 4.78 is 15.1. The summed E-state index contributed by atoms with van der Waals surface area (Å²) in [6.45, 7) is 1.53. The lowest BCUT2D eigenvalue weighted by molar-refractivity contribution is 0.0587. The summed E-state index contributed by atoms with van der Waals surface area (Å²) >= 11 is 0. The Morgan fingerprint density at radius 1 is 1.32 bits per heavy atom. The largest absolute Gasteiger partial charge is 0.368 e. The fourth-order valence-electron chi connectivity index (χ4n) is 2.79. The molecule has 8 heteroatoms. The first-order valence-corrected chi connectivity index (χ1v) is 7.19. The van der Waals surface area contributed by atoms with Crippen LogP contribution < -0.4 is 0 Å². The Labute approximate surface area is 126 Å². The summed E-state index contributed by atoms with van der Waals surface area (Å²) in [5.41, 5.74) is 0.819. The van der Waals surface area contributed by atoms with Crippen LogP contribution in [0.3, 0.4) is 0 Å². The highest BCUT2D eigenvalue weighted by molar-refractivity contribution is 5.47. The zero-order chi connectivity index (χ0) is 14.9. The van der Waals surface area contributed by atoms with Gasteiger partial charge in [-0.1, -0.05) is 5.16 Å². The zero-order valence-corrected chi connectivity index (χ0v) is 12.2. The SMILES string of the molecule is Cn1cncc1-c1noc([C@H]2OCC[C@H]2Cn2ccnc2)n1. The van der Waals surface area contributed by atoms with E-state index in [2.05, 4.69) is 20.1 Å². The van der Waals surface area contributed by atoms with Crippen molar-refractivity contribution in [1.82, 2.24) is 29.2 Å². The molecule has 4 rings (SSSR count). The van der Waals surface area contributed by atoms with Crippen LogP contribution in [0.15, 0.2) is 35.8 Å². The predicted octanol–water partition coefficient (Wildman–Crippen LogP) is 1.44. The minimum absolute atomic E-state index is 0.170. The number of ether oxygens (including phenoxy) is 1. The third kappa shape index (κ3) is 2.31. The predicted molar refractivity (Wildman–Crippen MR) is 75.5 cm³/mol. The second kappa shape index (κ2) is 5.38. The van der Waals surface area contributed by atoms with E-state index in [-0.39, 0.29) is 6.10 Å². The second-order valence-corrected chi connectivity index (χ2v) is 5.45. The van der Waals surface area contributed by atoms with E-state index in [1.54, 1.807) is 18.7 Å². The van der Waals surface area contributed by atoms with Gasteiger partial charge in [0, 0.05) is 38.5 Å². The van der Waals surface area contributed by atoms with Gasteiger partial charge >= 0.3 is 0 Å². The molecule has 1 aliphatic rings. The Morgan fingerprint density at radius 3 is 3.05 bits per heavy atom. The molecule has 1 saturated heterocycles. The molecule has 0 aliphatic carbocycles. The summed E-state index contributed by atoms with van der Waals surface area (Å²) in [5, 5.41) is 4.05. The number of hydrogen-bond donors (Lipinski definition) is 0. The first kappa shape index (κ1) is 13.2. The van der Waals surface area contributed by atoms with Crippen molar-refractivity contribution in [2.75, 3.05) is 6.61 Å². The van der Waals surface area contributed by atoms with Gasteiger partial charge in [0.1, 0.15) is 11.8 Å². The van der Waals surface area contributed by atoms with Crippen molar-refractivity contribution in [3.8, 4) is 11.5 Å². The van der Waals surface area contributed by atoms with E-state index in [0.717, 1.165) is 18.7 Å². The van der Waals surface area contributed by atoms with Gasteiger partial charge < -0.3 is 18.4 Å². The fraction of sp³-hybridized carbons (Fsp3) is 0.429. The molecular weight excluding hydrogens is 284 g/mol. The molecule has 0 bridgehead atoms. The van der Waals surface area contributed by atoms with Crippen molar-refractivity contribution < 1.29 is 9.26 Å². The maximum atomic E-state index is 5.81. The highest BCUT2D eigenvalue weighted by Gasteiger charge is 2.34. The van der Waals surface area contributed by atoms with Crippen LogP contribution in [-0.4, -0.2) is 35.8 Å². The van der Waals surface area contributed by atoms with E-state index in [4.69, 9.17) is 9.26 Å². The van der Waals surface area contributed by atoms with E-state index >= 15 is 0 Å².